The molecular formula is C29H24ClF3N4O3. The molecule has 1 amide bonds. The van der Waals surface area contributed by atoms with Gasteiger partial charge in [0.05, 0.1) is 24.6 Å². The second-order valence-corrected chi connectivity index (χ2v) is 9.94. The Morgan fingerprint density at radius 3 is 2.33 bits per heavy atom. The summed E-state index contributed by atoms with van der Waals surface area (Å²) in [5.41, 5.74) is 4.90. The summed E-state index contributed by atoms with van der Waals surface area (Å²) in [6, 6.07) is 20.2. The Balaban J connectivity index is 1.39. The molecule has 0 atom stereocenters. The van der Waals surface area contributed by atoms with Gasteiger partial charge in [-0.2, -0.15) is 13.2 Å². The molecule has 0 bridgehead atoms. The van der Waals surface area contributed by atoms with E-state index < -0.39 is 18.1 Å². The van der Waals surface area contributed by atoms with Crippen molar-refractivity contribution in [3.05, 3.63) is 89.1 Å². The van der Waals surface area contributed by atoms with Crippen LogP contribution < -0.4 is 0 Å². The third kappa shape index (κ3) is 5.86. The Morgan fingerprint density at radius 2 is 1.68 bits per heavy atom. The summed E-state index contributed by atoms with van der Waals surface area (Å²) >= 11 is 6.11. The summed E-state index contributed by atoms with van der Waals surface area (Å²) in [6.45, 7) is 0.120. The van der Waals surface area contributed by atoms with Crippen LogP contribution in [0, 0.1) is 0 Å². The molecule has 0 unspecified atom stereocenters. The van der Waals surface area contributed by atoms with Crippen LogP contribution in [-0.4, -0.2) is 58.1 Å². The van der Waals surface area contributed by atoms with E-state index in [1.54, 1.807) is 35.1 Å². The van der Waals surface area contributed by atoms with Gasteiger partial charge in [-0.1, -0.05) is 53.2 Å². The van der Waals surface area contributed by atoms with Crippen molar-refractivity contribution in [2.75, 3.05) is 20.2 Å². The van der Waals surface area contributed by atoms with Crippen molar-refractivity contribution >= 4 is 23.5 Å². The number of halogens is 4. The van der Waals surface area contributed by atoms with Gasteiger partial charge in [0.25, 0.3) is 0 Å². The molecule has 1 fully saturated rings. The lowest BCUT2D eigenvalue weighted by atomic mass is 9.88. The van der Waals surface area contributed by atoms with Crippen LogP contribution in [0.4, 0.5) is 13.2 Å². The van der Waals surface area contributed by atoms with Crippen molar-refractivity contribution in [2.45, 2.75) is 24.9 Å². The molecule has 4 aromatic rings. The molecule has 11 heteroatoms. The third-order valence-corrected chi connectivity index (χ3v) is 7.19. The molecule has 1 aromatic heterocycles. The van der Waals surface area contributed by atoms with Crippen molar-refractivity contribution in [1.82, 2.24) is 19.9 Å². The molecule has 2 heterocycles. The van der Waals surface area contributed by atoms with Gasteiger partial charge < -0.3 is 9.64 Å². The van der Waals surface area contributed by atoms with Crippen molar-refractivity contribution in [3.8, 4) is 28.1 Å². The van der Waals surface area contributed by atoms with E-state index >= 15 is 0 Å². The molecule has 40 heavy (non-hydrogen) atoms. The number of rotatable bonds is 5. The van der Waals surface area contributed by atoms with Crippen LogP contribution in [0.5, 0.6) is 0 Å². The second kappa shape index (κ2) is 11.1. The summed E-state index contributed by atoms with van der Waals surface area (Å²) in [7, 11) is 1.31. The van der Waals surface area contributed by atoms with E-state index in [4.69, 9.17) is 16.3 Å². The molecular weight excluding hydrogens is 545 g/mol. The largest absolute Gasteiger partial charge is 0.471 e. The predicted octanol–water partition coefficient (Wildman–Crippen LogP) is 6.31. The van der Waals surface area contributed by atoms with Crippen LogP contribution in [0.2, 0.25) is 5.02 Å². The van der Waals surface area contributed by atoms with Gasteiger partial charge in [0.2, 0.25) is 0 Å². The topological polar surface area (TPSA) is 77.3 Å². The Morgan fingerprint density at radius 1 is 0.950 bits per heavy atom. The zero-order chi connectivity index (χ0) is 28.4. The van der Waals surface area contributed by atoms with E-state index in [9.17, 15) is 22.8 Å². The van der Waals surface area contributed by atoms with Crippen molar-refractivity contribution in [2.24, 2.45) is 0 Å². The SMILES string of the molecule is COC(=O)c1cc(-c2ccc(C3CCN(C(=O)C(F)(F)F)CC3)cc2)cc(-n2cc(-c3cccc(Cl)c3)nn2)c1. The maximum atomic E-state index is 12.8. The number of hydrogen-bond acceptors (Lipinski definition) is 5. The number of hydrogen-bond donors (Lipinski definition) is 0. The molecule has 1 saturated heterocycles. The minimum Gasteiger partial charge on any atom is -0.465 e. The van der Waals surface area contributed by atoms with E-state index in [-0.39, 0.29) is 19.0 Å². The van der Waals surface area contributed by atoms with Gasteiger partial charge in [0.15, 0.2) is 0 Å². The predicted molar refractivity (Wildman–Crippen MR) is 143 cm³/mol. The van der Waals surface area contributed by atoms with Crippen molar-refractivity contribution in [1.29, 1.82) is 0 Å². The molecule has 7 nitrogen and oxygen atoms in total. The molecule has 1 aliphatic heterocycles. The number of methoxy groups -OCH3 is 1. The molecule has 3 aromatic carbocycles. The molecule has 206 valence electrons. The number of esters is 1. The van der Waals surface area contributed by atoms with Crippen molar-refractivity contribution < 1.29 is 27.5 Å². The monoisotopic (exact) mass is 568 g/mol. The van der Waals surface area contributed by atoms with Gasteiger partial charge in [-0.3, -0.25) is 4.79 Å². The van der Waals surface area contributed by atoms with Gasteiger partial charge in [-0.05, 0) is 65.8 Å². The summed E-state index contributed by atoms with van der Waals surface area (Å²) in [5, 5.41) is 9.06. The van der Waals surface area contributed by atoms with Crippen LogP contribution in [0.3, 0.4) is 0 Å². The maximum absolute atomic E-state index is 12.8. The average molecular weight is 569 g/mol. The number of carbonyl (C=O) groups excluding carboxylic acids is 2. The number of carbonyl (C=O) groups is 2. The highest BCUT2D eigenvalue weighted by atomic mass is 35.5. The maximum Gasteiger partial charge on any atom is 0.471 e. The lowest BCUT2D eigenvalue weighted by molar-refractivity contribution is -0.186. The second-order valence-electron chi connectivity index (χ2n) is 9.51. The number of nitrogens with zero attached hydrogens (tertiary/aromatic N) is 4. The lowest BCUT2D eigenvalue weighted by Gasteiger charge is -2.32. The fraction of sp³-hybridized carbons (Fsp3) is 0.241. The van der Waals surface area contributed by atoms with Crippen LogP contribution in [0.25, 0.3) is 28.1 Å². The number of alkyl halides is 3. The first-order valence-corrected chi connectivity index (χ1v) is 12.9. The summed E-state index contributed by atoms with van der Waals surface area (Å²) in [5.74, 6) is -2.24. The fourth-order valence-corrected chi connectivity index (χ4v) is 5.05. The Kier molecular flexibility index (Phi) is 7.62. The number of ether oxygens (including phenoxy) is 1. The first-order valence-electron chi connectivity index (χ1n) is 12.5. The van der Waals surface area contributed by atoms with Gasteiger partial charge in [0.1, 0.15) is 5.69 Å². The minimum atomic E-state index is -4.85. The zero-order valence-corrected chi connectivity index (χ0v) is 22.1. The van der Waals surface area contributed by atoms with Crippen molar-refractivity contribution in [3.63, 3.8) is 0 Å². The highest BCUT2D eigenvalue weighted by Crippen LogP contribution is 2.32. The van der Waals surface area contributed by atoms with Crippen LogP contribution in [-0.2, 0) is 9.53 Å². The molecule has 0 aliphatic carbocycles. The normalized spacial score (nSPS) is 14.3. The van der Waals surface area contributed by atoms with Gasteiger partial charge in [-0.25, -0.2) is 9.48 Å². The average Bonchev–Trinajstić information content (AvgIpc) is 3.46. The van der Waals surface area contributed by atoms with Crippen LogP contribution in [0.1, 0.15) is 34.7 Å². The molecule has 0 N–H and O–H groups in total. The van der Waals surface area contributed by atoms with E-state index in [2.05, 4.69) is 10.3 Å². The number of benzene rings is 3. The van der Waals surface area contributed by atoms with Crippen LogP contribution in [0.15, 0.2) is 72.9 Å². The number of amides is 1. The molecule has 0 saturated carbocycles. The van der Waals surface area contributed by atoms with E-state index in [1.807, 2.05) is 42.5 Å². The Hall–Kier alpha value is -4.18. The number of aromatic nitrogens is 3. The lowest BCUT2D eigenvalue weighted by Crippen LogP contribution is -2.45. The Labute approximate surface area is 233 Å². The third-order valence-electron chi connectivity index (χ3n) is 6.96. The van der Waals surface area contributed by atoms with Crippen LogP contribution >= 0.6 is 11.6 Å². The Bertz CT molecular complexity index is 1540. The smallest absolute Gasteiger partial charge is 0.465 e. The molecule has 0 spiro atoms. The standard InChI is InChI=1S/C29H24ClF3N4O3/c1-40-27(38)23-13-22(15-25(16-23)37-17-26(34-35-37)21-3-2-4-24(30)14-21)19-7-5-18(6-8-19)20-9-11-36(12-10-20)28(39)29(31,32)33/h2-8,13-17,20H,9-12H2,1H3. The van der Waals surface area contributed by atoms with Gasteiger partial charge in [0, 0.05) is 23.7 Å². The summed E-state index contributed by atoms with van der Waals surface area (Å²) in [4.78, 5) is 24.9. The van der Waals surface area contributed by atoms with Gasteiger partial charge in [-0.15, -0.1) is 5.10 Å². The van der Waals surface area contributed by atoms with E-state index in [0.717, 1.165) is 27.2 Å². The molecule has 1 aliphatic rings. The number of likely N-dealkylation sites (tertiary alicyclic amines) is 1. The summed E-state index contributed by atoms with van der Waals surface area (Å²) in [6.07, 6.45) is -2.21. The first-order chi connectivity index (χ1) is 19.1. The fourth-order valence-electron chi connectivity index (χ4n) is 4.86. The minimum absolute atomic E-state index is 0.0448. The zero-order valence-electron chi connectivity index (χ0n) is 21.4. The van der Waals surface area contributed by atoms with E-state index in [0.29, 0.717) is 34.8 Å². The highest BCUT2D eigenvalue weighted by molar-refractivity contribution is 6.30. The molecule has 0 radical (unpaired) electrons. The van der Waals surface area contributed by atoms with Gasteiger partial charge >= 0.3 is 18.1 Å². The summed E-state index contributed by atoms with van der Waals surface area (Å²) < 4.78 is 44.8. The first kappa shape index (κ1) is 27.4. The number of piperidine rings is 1. The van der Waals surface area contributed by atoms with E-state index in [1.165, 1.54) is 7.11 Å². The molecule has 5 rings (SSSR count). The highest BCUT2D eigenvalue weighted by Gasteiger charge is 2.43. The quantitative estimate of drug-likeness (QED) is 0.264.